The minimum atomic E-state index is -0.770. The summed E-state index contributed by atoms with van der Waals surface area (Å²) in [5.41, 5.74) is 6.67. The highest BCUT2D eigenvalue weighted by atomic mass is 35.5. The Balaban J connectivity index is 1.24. The van der Waals surface area contributed by atoms with Gasteiger partial charge in [0.1, 0.15) is 0 Å². The Bertz CT molecular complexity index is 1780. The number of methoxy groups -OCH3 is 2. The number of nitrogens with zero attached hydrogens (tertiary/aromatic N) is 2. The van der Waals surface area contributed by atoms with Crippen LogP contribution in [-0.2, 0) is 20.9 Å². The normalized spacial score (nSPS) is 14.7. The Morgan fingerprint density at radius 2 is 1.84 bits per heavy atom. The van der Waals surface area contributed by atoms with Gasteiger partial charge in [-0.1, -0.05) is 48.0 Å². The number of aromatic nitrogens is 1. The van der Waals surface area contributed by atoms with Crippen molar-refractivity contribution in [2.24, 2.45) is 5.10 Å². The molecule has 0 saturated carbocycles. The van der Waals surface area contributed by atoms with Gasteiger partial charge in [-0.05, 0) is 48.4 Å². The quantitative estimate of drug-likeness (QED) is 0.135. The molecule has 3 aromatic carbocycles. The number of hydrogen-bond donors (Lipinski definition) is 3. The molecule has 0 unspecified atom stereocenters. The lowest BCUT2D eigenvalue weighted by atomic mass is 9.95. The lowest BCUT2D eigenvalue weighted by Gasteiger charge is -2.28. The van der Waals surface area contributed by atoms with Crippen LogP contribution in [0.25, 0.3) is 10.9 Å². The predicted octanol–water partition coefficient (Wildman–Crippen LogP) is 4.68. The Hall–Kier alpha value is -5.29. The summed E-state index contributed by atoms with van der Waals surface area (Å²) in [5.74, 6) is -0.458. The van der Waals surface area contributed by atoms with Gasteiger partial charge in [0.2, 0.25) is 0 Å². The van der Waals surface area contributed by atoms with Gasteiger partial charge in [0.05, 0.1) is 32.0 Å². The summed E-state index contributed by atoms with van der Waals surface area (Å²) in [6.07, 6.45) is 3.57. The van der Waals surface area contributed by atoms with E-state index >= 15 is 0 Å². The molecule has 3 N–H and O–H groups in total. The molecule has 1 aliphatic heterocycles. The Morgan fingerprint density at radius 1 is 1.07 bits per heavy atom. The van der Waals surface area contributed by atoms with Gasteiger partial charge in [0.25, 0.3) is 5.91 Å². The number of urea groups is 1. The third-order valence-corrected chi connectivity index (χ3v) is 7.28. The van der Waals surface area contributed by atoms with Crippen molar-refractivity contribution in [3.05, 3.63) is 106 Å². The Morgan fingerprint density at radius 3 is 2.59 bits per heavy atom. The highest BCUT2D eigenvalue weighted by Crippen LogP contribution is 2.34. The number of benzene rings is 3. The standard InChI is InChI=1S/C32H30ClN5O6/c1-19-29(31(40)43-3)30(36-32(41)35-19)21-10-13-26(27(14-21)42-2)44-18-28(39)37-34-15-22-17-38(25-7-5-4-6-24(22)25)16-20-8-11-23(33)12-9-20/h4-15,17,30H,16,18H2,1-3H3,(H,37,39)(H2,35,36,41)/b34-15-/t30-/m1/s1. The van der Waals surface area contributed by atoms with Crippen LogP contribution in [0.3, 0.4) is 0 Å². The molecule has 2 heterocycles. The maximum atomic E-state index is 12.6. The average molecular weight is 616 g/mol. The fourth-order valence-electron chi connectivity index (χ4n) is 4.95. The first-order valence-corrected chi connectivity index (χ1v) is 14.0. The number of nitrogens with one attached hydrogen (secondary N) is 3. The molecule has 44 heavy (non-hydrogen) atoms. The first kappa shape index (κ1) is 30.2. The van der Waals surface area contributed by atoms with Crippen molar-refractivity contribution in [1.82, 2.24) is 20.6 Å². The molecule has 0 saturated heterocycles. The molecule has 1 aromatic heterocycles. The summed E-state index contributed by atoms with van der Waals surface area (Å²) >= 11 is 6.03. The summed E-state index contributed by atoms with van der Waals surface area (Å²) in [6, 6.07) is 19.3. The van der Waals surface area contributed by atoms with E-state index in [2.05, 4.69) is 25.7 Å². The monoisotopic (exact) mass is 615 g/mol. The van der Waals surface area contributed by atoms with Gasteiger partial charge in [-0.25, -0.2) is 15.0 Å². The van der Waals surface area contributed by atoms with E-state index in [4.69, 9.17) is 25.8 Å². The van der Waals surface area contributed by atoms with Crippen molar-refractivity contribution in [2.75, 3.05) is 20.8 Å². The predicted molar refractivity (Wildman–Crippen MR) is 166 cm³/mol. The molecular weight excluding hydrogens is 586 g/mol. The van der Waals surface area contributed by atoms with Crippen molar-refractivity contribution < 1.29 is 28.6 Å². The Labute approximate surface area is 258 Å². The summed E-state index contributed by atoms with van der Waals surface area (Å²) < 4.78 is 18.2. The average Bonchev–Trinajstić information content (AvgIpc) is 3.37. The van der Waals surface area contributed by atoms with E-state index in [9.17, 15) is 14.4 Å². The first-order chi connectivity index (χ1) is 21.3. The Kier molecular flexibility index (Phi) is 9.15. The third kappa shape index (κ3) is 6.68. The number of esters is 1. The van der Waals surface area contributed by atoms with Crippen LogP contribution >= 0.6 is 11.6 Å². The minimum Gasteiger partial charge on any atom is -0.493 e. The van der Waals surface area contributed by atoms with E-state index in [0.29, 0.717) is 34.3 Å². The SMILES string of the molecule is COC(=O)C1=C(C)NC(=O)N[C@@H]1c1ccc(OCC(=O)N/N=C\c2cn(Cc3ccc(Cl)cc3)c3ccccc23)c(OC)c1. The first-order valence-electron chi connectivity index (χ1n) is 13.6. The molecule has 12 heteroatoms. The molecule has 1 atom stereocenters. The molecule has 4 aromatic rings. The highest BCUT2D eigenvalue weighted by molar-refractivity contribution is 6.30. The molecule has 5 rings (SSSR count). The van der Waals surface area contributed by atoms with Gasteiger partial charge < -0.3 is 29.4 Å². The van der Waals surface area contributed by atoms with Crippen molar-refractivity contribution in [3.63, 3.8) is 0 Å². The van der Waals surface area contributed by atoms with E-state index in [1.54, 1.807) is 31.3 Å². The van der Waals surface area contributed by atoms with Crippen LogP contribution in [0.1, 0.15) is 29.7 Å². The molecule has 11 nitrogen and oxygen atoms in total. The van der Waals surface area contributed by atoms with E-state index in [-0.39, 0.29) is 12.2 Å². The number of hydrazone groups is 1. The number of allylic oxidation sites excluding steroid dienone is 1. The van der Waals surface area contributed by atoms with E-state index in [0.717, 1.165) is 22.0 Å². The maximum absolute atomic E-state index is 12.6. The van der Waals surface area contributed by atoms with E-state index < -0.39 is 23.9 Å². The van der Waals surface area contributed by atoms with Crippen LogP contribution in [0.5, 0.6) is 11.5 Å². The van der Waals surface area contributed by atoms with Crippen LogP contribution in [0.15, 0.2) is 89.3 Å². The number of amides is 3. The van der Waals surface area contributed by atoms with Gasteiger partial charge in [0.15, 0.2) is 18.1 Å². The third-order valence-electron chi connectivity index (χ3n) is 7.03. The second kappa shape index (κ2) is 13.3. The molecule has 0 fully saturated rings. The minimum absolute atomic E-state index is 0.258. The number of carbonyl (C=O) groups excluding carboxylic acids is 3. The lowest BCUT2D eigenvalue weighted by molar-refractivity contribution is -0.136. The molecule has 226 valence electrons. The van der Waals surface area contributed by atoms with Crippen LogP contribution in [0.4, 0.5) is 4.79 Å². The topological polar surface area (TPSA) is 132 Å². The van der Waals surface area contributed by atoms with E-state index in [1.807, 2.05) is 54.7 Å². The summed E-state index contributed by atoms with van der Waals surface area (Å²) in [6.45, 7) is 1.94. The molecule has 0 bridgehead atoms. The number of hydrogen-bond acceptors (Lipinski definition) is 7. The van der Waals surface area contributed by atoms with Crippen LogP contribution in [0.2, 0.25) is 5.02 Å². The van der Waals surface area contributed by atoms with Crippen LogP contribution in [0, 0.1) is 0 Å². The number of ether oxygens (including phenoxy) is 3. The van der Waals surface area contributed by atoms with E-state index in [1.165, 1.54) is 14.2 Å². The van der Waals surface area contributed by atoms with Gasteiger partial charge in [-0.2, -0.15) is 5.10 Å². The van der Waals surface area contributed by atoms with Gasteiger partial charge in [-0.15, -0.1) is 0 Å². The number of carbonyl (C=O) groups is 3. The van der Waals surface area contributed by atoms with Crippen molar-refractivity contribution in [2.45, 2.75) is 19.5 Å². The number of para-hydroxylation sites is 1. The molecule has 0 spiro atoms. The lowest BCUT2D eigenvalue weighted by Crippen LogP contribution is -2.45. The van der Waals surface area contributed by atoms with Crippen molar-refractivity contribution in [1.29, 1.82) is 0 Å². The second-order valence-electron chi connectivity index (χ2n) is 9.91. The number of halogens is 1. The van der Waals surface area contributed by atoms with Crippen LogP contribution < -0.4 is 25.5 Å². The number of fused-ring (bicyclic) bond motifs is 1. The molecule has 0 radical (unpaired) electrons. The highest BCUT2D eigenvalue weighted by Gasteiger charge is 2.32. The summed E-state index contributed by atoms with van der Waals surface area (Å²) in [7, 11) is 2.72. The molecule has 0 aliphatic carbocycles. The zero-order valence-electron chi connectivity index (χ0n) is 24.2. The molecule has 1 aliphatic rings. The molecule has 3 amide bonds. The van der Waals surface area contributed by atoms with Crippen molar-refractivity contribution >= 4 is 46.6 Å². The zero-order chi connectivity index (χ0) is 31.2. The van der Waals surface area contributed by atoms with Gasteiger partial charge in [-0.3, -0.25) is 4.79 Å². The van der Waals surface area contributed by atoms with Crippen LogP contribution in [-0.4, -0.2) is 49.5 Å². The zero-order valence-corrected chi connectivity index (χ0v) is 25.0. The number of rotatable bonds is 10. The fraction of sp³-hybridized carbons (Fsp3) is 0.188. The maximum Gasteiger partial charge on any atom is 0.337 e. The smallest absolute Gasteiger partial charge is 0.337 e. The fourth-order valence-corrected chi connectivity index (χ4v) is 5.08. The summed E-state index contributed by atoms with van der Waals surface area (Å²) in [4.78, 5) is 37.1. The van der Waals surface area contributed by atoms with Gasteiger partial charge >= 0.3 is 12.0 Å². The largest absolute Gasteiger partial charge is 0.493 e. The molecular formula is C32H30ClN5O6. The second-order valence-corrected chi connectivity index (χ2v) is 10.3. The van der Waals surface area contributed by atoms with Crippen molar-refractivity contribution in [3.8, 4) is 11.5 Å². The summed E-state index contributed by atoms with van der Waals surface area (Å²) in [5, 5.41) is 11.1. The van der Waals surface area contributed by atoms with Gasteiger partial charge in [0, 0.05) is 39.9 Å².